The van der Waals surface area contributed by atoms with Gasteiger partial charge in [0.15, 0.2) is 17.2 Å². The number of methoxy groups -OCH3 is 1. The van der Waals surface area contributed by atoms with E-state index in [4.69, 9.17) is 9.84 Å². The van der Waals surface area contributed by atoms with E-state index >= 15 is 0 Å². The molecule has 0 aliphatic carbocycles. The van der Waals surface area contributed by atoms with Gasteiger partial charge in [-0.2, -0.15) is 0 Å². The van der Waals surface area contributed by atoms with Gasteiger partial charge in [-0.1, -0.05) is 6.07 Å². The quantitative estimate of drug-likeness (QED) is 0.813. The number of hydrogen-bond acceptors (Lipinski definition) is 3. The van der Waals surface area contributed by atoms with Crippen molar-refractivity contribution in [2.24, 2.45) is 0 Å². The van der Waals surface area contributed by atoms with E-state index in [2.05, 4.69) is 0 Å². The minimum absolute atomic E-state index is 0.0266. The molecule has 1 rings (SSSR count). The van der Waals surface area contributed by atoms with E-state index in [1.54, 1.807) is 0 Å². The van der Waals surface area contributed by atoms with Gasteiger partial charge in [-0.25, -0.2) is 9.18 Å². The number of carbonyl (C=O) groups is 1. The fourth-order valence-electron chi connectivity index (χ4n) is 1.29. The molecule has 88 valence electrons. The van der Waals surface area contributed by atoms with Gasteiger partial charge in [0, 0.05) is 6.42 Å². The van der Waals surface area contributed by atoms with Crippen molar-refractivity contribution in [1.29, 1.82) is 0 Å². The second-order valence-corrected chi connectivity index (χ2v) is 3.72. The van der Waals surface area contributed by atoms with Crippen molar-refractivity contribution < 1.29 is 24.1 Å². The normalized spacial score (nSPS) is 14.2. The molecule has 0 bridgehead atoms. The maximum absolute atomic E-state index is 13.1. The lowest BCUT2D eigenvalue weighted by Gasteiger charge is -2.18. The van der Waals surface area contributed by atoms with Crippen LogP contribution in [0.2, 0.25) is 0 Å². The molecular weight excluding hydrogens is 215 g/mol. The van der Waals surface area contributed by atoms with Crippen LogP contribution in [0, 0.1) is 5.82 Å². The Labute approximate surface area is 92.3 Å². The summed E-state index contributed by atoms with van der Waals surface area (Å²) in [6.45, 7) is 1.19. The van der Waals surface area contributed by atoms with Crippen LogP contribution in [0.5, 0.6) is 5.75 Å². The Bertz CT molecular complexity index is 401. The zero-order chi connectivity index (χ0) is 12.3. The van der Waals surface area contributed by atoms with Crippen LogP contribution in [-0.4, -0.2) is 28.9 Å². The van der Waals surface area contributed by atoms with Crippen molar-refractivity contribution in [3.8, 4) is 5.75 Å². The molecule has 2 N–H and O–H groups in total. The zero-order valence-corrected chi connectivity index (χ0v) is 9.03. The van der Waals surface area contributed by atoms with E-state index in [-0.39, 0.29) is 12.2 Å². The van der Waals surface area contributed by atoms with Crippen LogP contribution in [0.1, 0.15) is 12.5 Å². The molecule has 0 amide bonds. The molecule has 0 aromatic heterocycles. The van der Waals surface area contributed by atoms with Gasteiger partial charge in [0.1, 0.15) is 0 Å². The molecule has 0 saturated carbocycles. The molecule has 0 aliphatic heterocycles. The summed E-state index contributed by atoms with van der Waals surface area (Å²) in [4.78, 5) is 10.7. The topological polar surface area (TPSA) is 66.8 Å². The summed E-state index contributed by atoms with van der Waals surface area (Å²) >= 11 is 0. The van der Waals surface area contributed by atoms with Crippen molar-refractivity contribution >= 4 is 5.97 Å². The second-order valence-electron chi connectivity index (χ2n) is 3.72. The van der Waals surface area contributed by atoms with Crippen LogP contribution < -0.4 is 4.74 Å². The van der Waals surface area contributed by atoms with E-state index in [1.807, 2.05) is 0 Å². The first-order valence-corrected chi connectivity index (χ1v) is 4.65. The van der Waals surface area contributed by atoms with Crippen molar-refractivity contribution in [2.75, 3.05) is 7.11 Å². The van der Waals surface area contributed by atoms with Crippen LogP contribution in [0.15, 0.2) is 18.2 Å². The Kier molecular flexibility index (Phi) is 3.49. The monoisotopic (exact) mass is 228 g/mol. The Morgan fingerprint density at radius 2 is 2.19 bits per heavy atom. The number of carboxylic acid groups (broad SMARTS) is 1. The third kappa shape index (κ3) is 2.70. The van der Waals surface area contributed by atoms with Crippen molar-refractivity contribution in [3.05, 3.63) is 29.6 Å². The zero-order valence-electron chi connectivity index (χ0n) is 9.03. The number of benzene rings is 1. The van der Waals surface area contributed by atoms with Gasteiger partial charge >= 0.3 is 5.97 Å². The summed E-state index contributed by atoms with van der Waals surface area (Å²) in [6.07, 6.45) is -0.112. The Morgan fingerprint density at radius 3 is 2.69 bits per heavy atom. The fraction of sp³-hybridized carbons (Fsp3) is 0.364. The third-order valence-electron chi connectivity index (χ3n) is 2.22. The molecule has 1 aromatic rings. The highest BCUT2D eigenvalue weighted by molar-refractivity contribution is 5.77. The lowest BCUT2D eigenvalue weighted by Crippen LogP contribution is -2.37. The first kappa shape index (κ1) is 12.4. The van der Waals surface area contributed by atoms with Crippen LogP contribution >= 0.6 is 0 Å². The number of ether oxygens (including phenoxy) is 1. The average molecular weight is 228 g/mol. The minimum atomic E-state index is -1.87. The Balaban J connectivity index is 2.94. The molecule has 0 fully saturated rings. The molecule has 1 unspecified atom stereocenters. The Hall–Kier alpha value is -1.62. The van der Waals surface area contributed by atoms with E-state index in [0.29, 0.717) is 5.56 Å². The summed E-state index contributed by atoms with van der Waals surface area (Å²) in [6, 6.07) is 3.95. The summed E-state index contributed by atoms with van der Waals surface area (Å²) in [5.41, 5.74) is -1.38. The standard InChI is InChI=1S/C11H13FO4/c1-11(15,10(13)14)6-7-3-4-8(12)9(5-7)16-2/h3-5,15H,6H2,1-2H3,(H,13,14). The number of aliphatic carboxylic acids is 1. The number of halogens is 1. The van der Waals surface area contributed by atoms with Gasteiger partial charge in [-0.05, 0) is 24.6 Å². The SMILES string of the molecule is COc1cc(CC(C)(O)C(=O)O)ccc1F. The van der Waals surface area contributed by atoms with Crippen LogP contribution in [0.3, 0.4) is 0 Å². The minimum Gasteiger partial charge on any atom is -0.494 e. The molecule has 4 nitrogen and oxygen atoms in total. The fourth-order valence-corrected chi connectivity index (χ4v) is 1.29. The molecule has 1 aromatic carbocycles. The number of rotatable bonds is 4. The first-order valence-electron chi connectivity index (χ1n) is 4.65. The molecule has 0 radical (unpaired) electrons. The van der Waals surface area contributed by atoms with Gasteiger partial charge in [-0.3, -0.25) is 0 Å². The van der Waals surface area contributed by atoms with Crippen LogP contribution in [0.25, 0.3) is 0 Å². The highest BCUT2D eigenvalue weighted by Crippen LogP contribution is 2.21. The van der Waals surface area contributed by atoms with Gasteiger partial charge in [0.2, 0.25) is 0 Å². The van der Waals surface area contributed by atoms with E-state index < -0.39 is 17.4 Å². The average Bonchev–Trinajstić information content (AvgIpc) is 2.20. The third-order valence-corrected chi connectivity index (χ3v) is 2.22. The number of hydrogen-bond donors (Lipinski definition) is 2. The molecule has 0 heterocycles. The van der Waals surface area contributed by atoms with E-state index in [1.165, 1.54) is 32.2 Å². The molecule has 5 heteroatoms. The van der Waals surface area contributed by atoms with Crippen molar-refractivity contribution in [2.45, 2.75) is 18.9 Å². The summed E-state index contributed by atoms with van der Waals surface area (Å²) in [5, 5.41) is 18.3. The van der Waals surface area contributed by atoms with Gasteiger partial charge in [-0.15, -0.1) is 0 Å². The highest BCUT2D eigenvalue weighted by Gasteiger charge is 2.30. The van der Waals surface area contributed by atoms with Crippen LogP contribution in [0.4, 0.5) is 4.39 Å². The van der Waals surface area contributed by atoms with Crippen molar-refractivity contribution in [3.63, 3.8) is 0 Å². The second kappa shape index (κ2) is 4.49. The van der Waals surface area contributed by atoms with Gasteiger partial charge in [0.05, 0.1) is 7.11 Å². The van der Waals surface area contributed by atoms with Gasteiger partial charge < -0.3 is 14.9 Å². The molecule has 0 saturated heterocycles. The smallest absolute Gasteiger partial charge is 0.335 e. The van der Waals surface area contributed by atoms with Crippen molar-refractivity contribution in [1.82, 2.24) is 0 Å². The molecule has 0 aliphatic rings. The Morgan fingerprint density at radius 1 is 1.56 bits per heavy atom. The lowest BCUT2D eigenvalue weighted by atomic mass is 9.96. The molecular formula is C11H13FO4. The first-order chi connectivity index (χ1) is 7.36. The maximum atomic E-state index is 13.1. The lowest BCUT2D eigenvalue weighted by molar-refractivity contribution is -0.156. The maximum Gasteiger partial charge on any atom is 0.335 e. The summed E-state index contributed by atoms with van der Waals surface area (Å²) in [5.74, 6) is -1.82. The molecule has 0 spiro atoms. The number of aliphatic hydroxyl groups is 1. The van der Waals surface area contributed by atoms with E-state index in [9.17, 15) is 14.3 Å². The predicted molar refractivity (Wildman–Crippen MR) is 54.9 cm³/mol. The summed E-state index contributed by atoms with van der Waals surface area (Å²) < 4.78 is 17.8. The summed E-state index contributed by atoms with van der Waals surface area (Å²) in [7, 11) is 1.32. The predicted octanol–water partition coefficient (Wildman–Crippen LogP) is 1.21. The number of carboxylic acids is 1. The largest absolute Gasteiger partial charge is 0.494 e. The molecule has 1 atom stereocenters. The molecule has 16 heavy (non-hydrogen) atoms. The van der Waals surface area contributed by atoms with E-state index in [0.717, 1.165) is 0 Å². The highest BCUT2D eigenvalue weighted by atomic mass is 19.1. The van der Waals surface area contributed by atoms with Gasteiger partial charge in [0.25, 0.3) is 0 Å². The van der Waals surface area contributed by atoms with Crippen LogP contribution in [-0.2, 0) is 11.2 Å².